The normalized spacial score (nSPS) is 11.2. The minimum absolute atomic E-state index is 0.0457. The van der Waals surface area contributed by atoms with Crippen LogP contribution in [0.15, 0.2) is 188 Å². The fraction of sp³-hybridized carbons (Fsp3) is 0. The second-order valence-corrected chi connectivity index (χ2v) is 12.9. The lowest BCUT2D eigenvalue weighted by Crippen LogP contribution is -2.13. The minimum atomic E-state index is -0.0628. The number of hydrogen-bond donors (Lipinski definition) is 2. The van der Waals surface area contributed by atoms with Gasteiger partial charge in [-0.2, -0.15) is 0 Å². The van der Waals surface area contributed by atoms with E-state index in [9.17, 15) is 0 Å². The van der Waals surface area contributed by atoms with Gasteiger partial charge < -0.3 is 9.30 Å². The molecule has 0 unspecified atom stereocenters. The first-order valence-electron chi connectivity index (χ1n) is 17.4. The lowest BCUT2D eigenvalue weighted by atomic mass is 9.89. The molecule has 4 heteroatoms. The van der Waals surface area contributed by atoms with Crippen LogP contribution in [0.3, 0.4) is 0 Å². The maximum Gasteiger partial charge on any atom is 0.221 e. The third kappa shape index (κ3) is 5.44. The third-order valence-electron chi connectivity index (χ3n) is 9.84. The van der Waals surface area contributed by atoms with Gasteiger partial charge in [-0.05, 0) is 92.7 Å². The van der Waals surface area contributed by atoms with Crippen LogP contribution in [0, 0.1) is 10.8 Å². The highest BCUT2D eigenvalue weighted by molar-refractivity contribution is 6.12. The number of hydrogen-bond acceptors (Lipinski definition) is 3. The molecule has 246 valence electrons. The predicted molar refractivity (Wildman–Crippen MR) is 216 cm³/mol. The van der Waals surface area contributed by atoms with Gasteiger partial charge in [0.1, 0.15) is 0 Å². The summed E-state index contributed by atoms with van der Waals surface area (Å²) in [5.41, 5.74) is 11.5. The predicted octanol–water partition coefficient (Wildman–Crippen LogP) is 12.3. The van der Waals surface area contributed by atoms with E-state index < -0.39 is 0 Å². The van der Waals surface area contributed by atoms with Crippen molar-refractivity contribution in [1.29, 1.82) is 10.8 Å². The second kappa shape index (κ2) is 13.0. The molecule has 0 spiro atoms. The first-order chi connectivity index (χ1) is 25.6. The van der Waals surface area contributed by atoms with E-state index in [0.717, 1.165) is 49.8 Å². The van der Waals surface area contributed by atoms with Crippen LogP contribution in [0.1, 0.15) is 11.1 Å². The van der Waals surface area contributed by atoms with Crippen molar-refractivity contribution in [3.8, 4) is 39.1 Å². The van der Waals surface area contributed by atoms with Crippen molar-refractivity contribution < 1.29 is 4.74 Å². The molecule has 0 aliphatic heterocycles. The molecule has 1 heterocycles. The summed E-state index contributed by atoms with van der Waals surface area (Å²) in [4.78, 5) is 0. The summed E-state index contributed by atoms with van der Waals surface area (Å²) in [6, 6.07) is 64.6. The second-order valence-electron chi connectivity index (χ2n) is 12.9. The lowest BCUT2D eigenvalue weighted by molar-refractivity contribution is 0.539. The van der Waals surface area contributed by atoms with Gasteiger partial charge in [0.25, 0.3) is 0 Å². The summed E-state index contributed by atoms with van der Waals surface area (Å²) >= 11 is 0. The number of para-hydroxylation sites is 2. The average molecular weight is 668 g/mol. The molecule has 0 fully saturated rings. The van der Waals surface area contributed by atoms with Crippen LogP contribution >= 0.6 is 0 Å². The Balaban J connectivity index is 1.05. The van der Waals surface area contributed by atoms with Gasteiger partial charge in [0, 0.05) is 27.6 Å². The van der Waals surface area contributed by atoms with Gasteiger partial charge in [0.05, 0.1) is 11.0 Å². The maximum atomic E-state index is 8.69. The molecule has 0 radical (unpaired) electrons. The average Bonchev–Trinajstić information content (AvgIpc) is 3.54. The summed E-state index contributed by atoms with van der Waals surface area (Å²) in [5, 5.41) is 21.7. The van der Waals surface area contributed by atoms with Crippen molar-refractivity contribution in [2.24, 2.45) is 0 Å². The number of rotatable bonds is 6. The number of aromatic nitrogens is 1. The van der Waals surface area contributed by atoms with Gasteiger partial charge >= 0.3 is 0 Å². The quantitative estimate of drug-likeness (QED) is 0.135. The summed E-state index contributed by atoms with van der Waals surface area (Å²) < 4.78 is 8.13. The van der Waals surface area contributed by atoms with E-state index in [2.05, 4.69) is 126 Å². The van der Waals surface area contributed by atoms with Crippen LogP contribution in [0.2, 0.25) is 0 Å². The van der Waals surface area contributed by atoms with E-state index >= 15 is 0 Å². The highest BCUT2D eigenvalue weighted by atomic mass is 16.5. The molecule has 0 saturated carbocycles. The van der Waals surface area contributed by atoms with Crippen molar-refractivity contribution in [3.05, 3.63) is 199 Å². The fourth-order valence-corrected chi connectivity index (χ4v) is 7.38. The smallest absolute Gasteiger partial charge is 0.221 e. The Bertz CT molecular complexity index is 2790. The van der Waals surface area contributed by atoms with Crippen molar-refractivity contribution in [2.75, 3.05) is 0 Å². The summed E-state index contributed by atoms with van der Waals surface area (Å²) in [6.45, 7) is 0. The number of ether oxygens (including phenoxy) is 1. The molecule has 0 saturated heterocycles. The Kier molecular flexibility index (Phi) is 7.75. The van der Waals surface area contributed by atoms with E-state index in [1.165, 1.54) is 21.8 Å². The molecular formula is C48H33N3O. The zero-order chi connectivity index (χ0) is 35.0. The molecule has 1 aromatic heterocycles. The molecule has 0 amide bonds. The van der Waals surface area contributed by atoms with Gasteiger partial charge in [-0.1, -0.05) is 140 Å². The fourth-order valence-electron chi connectivity index (χ4n) is 7.38. The zero-order valence-electron chi connectivity index (χ0n) is 28.3. The molecule has 0 aliphatic carbocycles. The molecule has 8 aromatic carbocycles. The van der Waals surface area contributed by atoms with Crippen molar-refractivity contribution in [1.82, 2.24) is 4.57 Å². The number of benzene rings is 8. The van der Waals surface area contributed by atoms with Crippen molar-refractivity contribution in [2.45, 2.75) is 0 Å². The molecule has 9 aromatic rings. The Morgan fingerprint density at radius 2 is 0.962 bits per heavy atom. The molecule has 52 heavy (non-hydrogen) atoms. The number of nitrogens with zero attached hydrogens (tertiary/aromatic N) is 1. The maximum absolute atomic E-state index is 8.69. The van der Waals surface area contributed by atoms with Crippen LogP contribution in [0.4, 0.5) is 0 Å². The monoisotopic (exact) mass is 667 g/mol. The summed E-state index contributed by atoms with van der Waals surface area (Å²) in [6.07, 6.45) is 0. The van der Waals surface area contributed by atoms with E-state index in [-0.39, 0.29) is 11.8 Å². The molecular weight excluding hydrogens is 635 g/mol. The van der Waals surface area contributed by atoms with E-state index in [0.29, 0.717) is 11.1 Å². The van der Waals surface area contributed by atoms with Crippen molar-refractivity contribution >= 4 is 44.4 Å². The first-order valence-corrected chi connectivity index (χ1v) is 17.4. The SMILES string of the molecule is N=C(OC(=N)c1cccc2ccccc12)c1ccc(-c2ccccc2-c2ccccc2-c2ccc3c(c2)c2ccccc2n3-c2ccccc2)cc1. The first kappa shape index (κ1) is 31.0. The highest BCUT2D eigenvalue weighted by Crippen LogP contribution is 2.40. The van der Waals surface area contributed by atoms with Crippen molar-refractivity contribution in [3.63, 3.8) is 0 Å². The minimum Gasteiger partial charge on any atom is -0.421 e. The van der Waals surface area contributed by atoms with Gasteiger partial charge in [0.2, 0.25) is 11.8 Å². The van der Waals surface area contributed by atoms with E-state index in [1.54, 1.807) is 0 Å². The summed E-state index contributed by atoms with van der Waals surface area (Å²) in [5.74, 6) is -0.109. The Morgan fingerprint density at radius 1 is 0.404 bits per heavy atom. The topological polar surface area (TPSA) is 61.9 Å². The van der Waals surface area contributed by atoms with Crippen LogP contribution in [0.25, 0.3) is 71.6 Å². The van der Waals surface area contributed by atoms with E-state index in [4.69, 9.17) is 15.6 Å². The Labute approximate surface area is 301 Å². The van der Waals surface area contributed by atoms with Gasteiger partial charge in [-0.25, -0.2) is 0 Å². The molecule has 9 rings (SSSR count). The van der Waals surface area contributed by atoms with Gasteiger partial charge in [-0.3, -0.25) is 10.8 Å². The Hall–Kier alpha value is -7.04. The van der Waals surface area contributed by atoms with Crippen LogP contribution in [-0.4, -0.2) is 16.4 Å². The largest absolute Gasteiger partial charge is 0.421 e. The van der Waals surface area contributed by atoms with Crippen LogP contribution in [-0.2, 0) is 4.74 Å². The van der Waals surface area contributed by atoms with E-state index in [1.807, 2.05) is 66.7 Å². The number of nitrogens with one attached hydrogen (secondary N) is 2. The number of fused-ring (bicyclic) bond motifs is 4. The highest BCUT2D eigenvalue weighted by Gasteiger charge is 2.17. The summed E-state index contributed by atoms with van der Waals surface area (Å²) in [7, 11) is 0. The van der Waals surface area contributed by atoms with Gasteiger partial charge in [-0.15, -0.1) is 0 Å². The molecule has 4 nitrogen and oxygen atoms in total. The Morgan fingerprint density at radius 3 is 1.71 bits per heavy atom. The molecule has 2 N–H and O–H groups in total. The zero-order valence-corrected chi connectivity index (χ0v) is 28.3. The molecule has 0 atom stereocenters. The van der Waals surface area contributed by atoms with Gasteiger partial charge in [0.15, 0.2) is 0 Å². The van der Waals surface area contributed by atoms with Crippen LogP contribution < -0.4 is 0 Å². The van der Waals surface area contributed by atoms with Crippen LogP contribution in [0.5, 0.6) is 0 Å². The standard InChI is InChI=1S/C48H33N3O/c49-47(52-48(50)43-23-12-14-32-13-4-5-18-38(32)43)34-27-25-33(26-28-34)37-17-6-8-20-40(37)41-21-9-7-19-39(41)35-29-30-46-44(31-35)42-22-10-11-24-45(42)51(46)36-15-2-1-3-16-36/h1-31,49-50H. The molecule has 0 bridgehead atoms. The molecule has 0 aliphatic rings. The third-order valence-corrected chi connectivity index (χ3v) is 9.84. The lowest BCUT2D eigenvalue weighted by Gasteiger charge is -2.16.